The van der Waals surface area contributed by atoms with E-state index in [2.05, 4.69) is 10.0 Å². The maximum Gasteiger partial charge on any atom is 0.321 e. The Labute approximate surface area is 216 Å². The molecule has 0 aromatic heterocycles. The SMILES string of the molecule is CN(C)c1ccccc1C(=O)NCCC[C@H](NS(=O)(=O)c1ccc(-c2ccc(Cl)cc2)cc1)C(=O)O. The number of carbonyl (C=O) groups excluding carboxylic acids is 1. The van der Waals surface area contributed by atoms with Crippen molar-refractivity contribution in [2.24, 2.45) is 0 Å². The zero-order valence-corrected chi connectivity index (χ0v) is 21.5. The lowest BCUT2D eigenvalue weighted by molar-refractivity contribution is -0.139. The first-order valence-corrected chi connectivity index (χ1v) is 13.1. The van der Waals surface area contributed by atoms with Crippen LogP contribution in [0.4, 0.5) is 5.69 Å². The second-order valence-electron chi connectivity index (χ2n) is 8.35. The van der Waals surface area contributed by atoms with Crippen LogP contribution < -0.4 is 14.9 Å². The summed E-state index contributed by atoms with van der Waals surface area (Å²) in [6, 6.07) is 19.1. The van der Waals surface area contributed by atoms with Crippen molar-refractivity contribution in [1.82, 2.24) is 10.0 Å². The van der Waals surface area contributed by atoms with Gasteiger partial charge in [0.1, 0.15) is 6.04 Å². The van der Waals surface area contributed by atoms with E-state index in [1.807, 2.05) is 43.3 Å². The van der Waals surface area contributed by atoms with Gasteiger partial charge in [0.15, 0.2) is 0 Å². The number of rotatable bonds is 11. The molecule has 0 aliphatic carbocycles. The standard InChI is InChI=1S/C26H28ClN3O5S/c1-30(2)24-8-4-3-6-22(24)25(31)28-17-5-7-23(26(32)33)29-36(34,35)21-15-11-19(12-16-21)18-9-13-20(27)14-10-18/h3-4,6,8-16,23,29H,5,7,17H2,1-2H3,(H,28,31)(H,32,33)/t23-/m0/s1. The topological polar surface area (TPSA) is 116 Å². The Hall–Kier alpha value is -3.40. The van der Waals surface area contributed by atoms with Crippen LogP contribution in [0.1, 0.15) is 23.2 Å². The van der Waals surface area contributed by atoms with Crippen LogP contribution in [0.25, 0.3) is 11.1 Å². The average molecular weight is 530 g/mol. The van der Waals surface area contributed by atoms with Crippen molar-refractivity contribution in [2.75, 3.05) is 25.5 Å². The van der Waals surface area contributed by atoms with E-state index in [4.69, 9.17) is 11.6 Å². The van der Waals surface area contributed by atoms with Crippen molar-refractivity contribution < 1.29 is 23.1 Å². The Morgan fingerprint density at radius 2 is 1.53 bits per heavy atom. The van der Waals surface area contributed by atoms with E-state index in [1.54, 1.807) is 36.4 Å². The fourth-order valence-electron chi connectivity index (χ4n) is 3.62. The Morgan fingerprint density at radius 3 is 2.11 bits per heavy atom. The minimum atomic E-state index is -4.07. The zero-order valence-electron chi connectivity index (χ0n) is 19.9. The van der Waals surface area contributed by atoms with Gasteiger partial charge in [0.05, 0.1) is 10.5 Å². The molecule has 8 nitrogen and oxygen atoms in total. The highest BCUT2D eigenvalue weighted by molar-refractivity contribution is 7.89. The van der Waals surface area contributed by atoms with E-state index in [0.717, 1.165) is 16.8 Å². The fourth-order valence-corrected chi connectivity index (χ4v) is 4.97. The van der Waals surface area contributed by atoms with Crippen LogP contribution in [0.15, 0.2) is 77.7 Å². The van der Waals surface area contributed by atoms with Gasteiger partial charge in [-0.3, -0.25) is 9.59 Å². The first-order valence-electron chi connectivity index (χ1n) is 11.2. The number of anilines is 1. The first kappa shape index (κ1) is 27.2. The van der Waals surface area contributed by atoms with Crippen molar-refractivity contribution in [2.45, 2.75) is 23.8 Å². The van der Waals surface area contributed by atoms with Gasteiger partial charge in [0, 0.05) is 31.4 Å². The number of carbonyl (C=O) groups is 2. The van der Waals surface area contributed by atoms with Gasteiger partial charge in [-0.15, -0.1) is 0 Å². The molecule has 0 spiro atoms. The maximum atomic E-state index is 12.8. The van der Waals surface area contributed by atoms with E-state index in [0.29, 0.717) is 10.6 Å². The van der Waals surface area contributed by atoms with Crippen molar-refractivity contribution in [3.8, 4) is 11.1 Å². The molecule has 1 atom stereocenters. The molecule has 0 saturated heterocycles. The summed E-state index contributed by atoms with van der Waals surface area (Å²) in [5, 5.41) is 12.9. The summed E-state index contributed by atoms with van der Waals surface area (Å²) in [4.78, 5) is 26.0. The van der Waals surface area contributed by atoms with Gasteiger partial charge in [0.25, 0.3) is 5.91 Å². The highest BCUT2D eigenvalue weighted by Gasteiger charge is 2.25. The minimum absolute atomic E-state index is 0.00697. The number of nitrogens with zero attached hydrogens (tertiary/aromatic N) is 1. The summed E-state index contributed by atoms with van der Waals surface area (Å²) in [6.45, 7) is 0.196. The van der Waals surface area contributed by atoms with Gasteiger partial charge < -0.3 is 15.3 Å². The largest absolute Gasteiger partial charge is 0.480 e. The normalized spacial score (nSPS) is 12.1. The Bertz CT molecular complexity index is 1310. The predicted molar refractivity (Wildman–Crippen MR) is 141 cm³/mol. The van der Waals surface area contributed by atoms with E-state index in [1.165, 1.54) is 12.1 Å². The maximum absolute atomic E-state index is 12.8. The Morgan fingerprint density at radius 1 is 0.944 bits per heavy atom. The molecule has 190 valence electrons. The summed E-state index contributed by atoms with van der Waals surface area (Å²) in [7, 11) is -0.398. The molecule has 3 aromatic rings. The second-order valence-corrected chi connectivity index (χ2v) is 10.5. The third-order valence-corrected chi connectivity index (χ3v) is 7.26. The first-order chi connectivity index (χ1) is 17.1. The Balaban J connectivity index is 1.59. The van der Waals surface area contributed by atoms with Gasteiger partial charge in [-0.05, 0) is 60.4 Å². The van der Waals surface area contributed by atoms with Gasteiger partial charge in [0.2, 0.25) is 10.0 Å². The smallest absolute Gasteiger partial charge is 0.321 e. The van der Waals surface area contributed by atoms with Crippen LogP contribution in [0.2, 0.25) is 5.02 Å². The highest BCUT2D eigenvalue weighted by Crippen LogP contribution is 2.23. The van der Waals surface area contributed by atoms with Crippen molar-refractivity contribution in [1.29, 1.82) is 0 Å². The van der Waals surface area contributed by atoms with Gasteiger partial charge in [-0.1, -0.05) is 48.0 Å². The number of nitrogens with one attached hydrogen (secondary N) is 2. The van der Waals surface area contributed by atoms with E-state index in [9.17, 15) is 23.1 Å². The lowest BCUT2D eigenvalue weighted by Gasteiger charge is -2.17. The molecule has 0 radical (unpaired) electrons. The molecule has 10 heteroatoms. The van der Waals surface area contributed by atoms with Crippen molar-refractivity contribution in [3.63, 3.8) is 0 Å². The summed E-state index contributed by atoms with van der Waals surface area (Å²) in [5.41, 5.74) is 2.93. The molecular weight excluding hydrogens is 502 g/mol. The molecule has 3 aromatic carbocycles. The van der Waals surface area contributed by atoms with E-state index >= 15 is 0 Å². The quantitative estimate of drug-likeness (QED) is 0.323. The monoisotopic (exact) mass is 529 g/mol. The number of aliphatic carboxylic acids is 1. The molecule has 0 aliphatic heterocycles. The molecule has 0 fully saturated rings. The molecule has 3 rings (SSSR count). The number of halogens is 1. The highest BCUT2D eigenvalue weighted by atomic mass is 35.5. The number of carboxylic acids is 1. The summed E-state index contributed by atoms with van der Waals surface area (Å²) >= 11 is 5.91. The molecular formula is C26H28ClN3O5S. The third kappa shape index (κ3) is 7.07. The molecule has 0 saturated carbocycles. The molecule has 36 heavy (non-hydrogen) atoms. The summed E-state index contributed by atoms with van der Waals surface area (Å²) in [5.74, 6) is -1.58. The van der Waals surface area contributed by atoms with Crippen LogP contribution in [0.5, 0.6) is 0 Å². The van der Waals surface area contributed by atoms with Crippen molar-refractivity contribution >= 4 is 39.2 Å². The fraction of sp³-hybridized carbons (Fsp3) is 0.231. The van der Waals surface area contributed by atoms with Gasteiger partial charge in [-0.25, -0.2) is 8.42 Å². The number of carboxylic acid groups (broad SMARTS) is 1. The van der Waals surface area contributed by atoms with Crippen LogP contribution in [-0.2, 0) is 14.8 Å². The zero-order chi connectivity index (χ0) is 26.3. The number of benzene rings is 3. The third-order valence-electron chi connectivity index (χ3n) is 5.52. The lowest BCUT2D eigenvalue weighted by Crippen LogP contribution is -2.41. The van der Waals surface area contributed by atoms with Crippen LogP contribution in [0.3, 0.4) is 0 Å². The Kier molecular flexibility index (Phi) is 9.08. The number of amides is 1. The van der Waals surface area contributed by atoms with Gasteiger partial charge >= 0.3 is 5.97 Å². The van der Waals surface area contributed by atoms with E-state index in [-0.39, 0.29) is 30.2 Å². The van der Waals surface area contributed by atoms with Crippen LogP contribution in [0, 0.1) is 0 Å². The number of hydrogen-bond donors (Lipinski definition) is 3. The molecule has 3 N–H and O–H groups in total. The summed E-state index contributed by atoms with van der Waals surface area (Å²) in [6.07, 6.45) is 0.276. The molecule has 0 bridgehead atoms. The van der Waals surface area contributed by atoms with Crippen LogP contribution >= 0.6 is 11.6 Å². The summed E-state index contributed by atoms with van der Waals surface area (Å²) < 4.78 is 27.9. The number of sulfonamides is 1. The van der Waals surface area contributed by atoms with Gasteiger partial charge in [-0.2, -0.15) is 4.72 Å². The second kappa shape index (κ2) is 12.0. The predicted octanol–water partition coefficient (Wildman–Crippen LogP) is 4.01. The van der Waals surface area contributed by atoms with Crippen LogP contribution in [-0.4, -0.2) is 52.1 Å². The number of para-hydroxylation sites is 1. The minimum Gasteiger partial charge on any atom is -0.480 e. The molecule has 1 amide bonds. The average Bonchev–Trinajstić information content (AvgIpc) is 2.86. The number of hydrogen-bond acceptors (Lipinski definition) is 5. The van der Waals surface area contributed by atoms with Crippen molar-refractivity contribution in [3.05, 3.63) is 83.4 Å². The van der Waals surface area contributed by atoms with E-state index < -0.39 is 22.0 Å². The lowest BCUT2D eigenvalue weighted by atomic mass is 10.1. The molecule has 0 unspecified atom stereocenters. The molecule has 0 heterocycles. The molecule has 0 aliphatic rings.